The number of phenolic OH excluding ortho intramolecular Hbond substituents is 1. The van der Waals surface area contributed by atoms with Crippen molar-refractivity contribution in [3.8, 4) is 5.75 Å². The summed E-state index contributed by atoms with van der Waals surface area (Å²) in [5, 5.41) is 10.7. The fourth-order valence-electron chi connectivity index (χ4n) is 2.85. The van der Waals surface area contributed by atoms with Crippen LogP contribution in [0.2, 0.25) is 0 Å². The van der Waals surface area contributed by atoms with E-state index in [-0.39, 0.29) is 35.4 Å². The lowest BCUT2D eigenvalue weighted by Gasteiger charge is -2.16. The second-order valence-corrected chi connectivity index (χ2v) is 5.94. The molecule has 0 aliphatic rings. The number of benzene rings is 2. The number of esters is 1. The van der Waals surface area contributed by atoms with Gasteiger partial charge in [-0.2, -0.15) is 0 Å². The van der Waals surface area contributed by atoms with E-state index in [1.807, 2.05) is 0 Å². The van der Waals surface area contributed by atoms with Gasteiger partial charge in [-0.25, -0.2) is 9.18 Å². The molecule has 28 heavy (non-hydrogen) atoms. The van der Waals surface area contributed by atoms with Gasteiger partial charge in [-0.05, 0) is 41.8 Å². The quantitative estimate of drug-likeness (QED) is 0.520. The number of pyridine rings is 1. The van der Waals surface area contributed by atoms with Crippen LogP contribution < -0.4 is 4.90 Å². The Kier molecular flexibility index (Phi) is 5.30. The molecule has 7 nitrogen and oxygen atoms in total. The molecule has 0 atom stereocenters. The van der Waals surface area contributed by atoms with Crippen LogP contribution in [0.1, 0.15) is 21.5 Å². The average molecular weight is 382 g/mol. The smallest absolute Gasteiger partial charge is 0.341 e. The SMILES string of the molecule is COC(=O)c1cc(N(C=O)C=O)c2cc(Cc3ccc(F)cc3)cnc2c1O. The summed E-state index contributed by atoms with van der Waals surface area (Å²) in [6.07, 6.45) is 2.46. The molecule has 3 aromatic rings. The lowest BCUT2D eigenvalue weighted by atomic mass is 10.0. The number of phenols is 1. The van der Waals surface area contributed by atoms with Crippen LogP contribution in [0.25, 0.3) is 10.9 Å². The number of methoxy groups -OCH3 is 1. The number of imide groups is 1. The molecule has 0 fully saturated rings. The predicted molar refractivity (Wildman–Crippen MR) is 98.6 cm³/mol. The van der Waals surface area contributed by atoms with Crippen molar-refractivity contribution in [2.45, 2.75) is 6.42 Å². The summed E-state index contributed by atoms with van der Waals surface area (Å²) in [7, 11) is 1.14. The number of hydrogen-bond donors (Lipinski definition) is 1. The molecule has 0 aliphatic heterocycles. The van der Waals surface area contributed by atoms with E-state index in [1.54, 1.807) is 18.2 Å². The Labute approximate surface area is 159 Å². The first-order chi connectivity index (χ1) is 13.5. The zero-order valence-electron chi connectivity index (χ0n) is 14.8. The Morgan fingerprint density at radius 3 is 2.46 bits per heavy atom. The molecule has 2 amide bonds. The second-order valence-electron chi connectivity index (χ2n) is 5.94. The van der Waals surface area contributed by atoms with Gasteiger partial charge in [0.2, 0.25) is 12.8 Å². The third kappa shape index (κ3) is 3.52. The van der Waals surface area contributed by atoms with Gasteiger partial charge in [-0.3, -0.25) is 19.5 Å². The molecule has 142 valence electrons. The highest BCUT2D eigenvalue weighted by atomic mass is 19.1. The van der Waals surface area contributed by atoms with Crippen molar-refractivity contribution < 1.29 is 28.6 Å². The van der Waals surface area contributed by atoms with Gasteiger partial charge in [0, 0.05) is 11.6 Å². The lowest BCUT2D eigenvalue weighted by Crippen LogP contribution is -2.19. The van der Waals surface area contributed by atoms with Gasteiger partial charge in [-0.15, -0.1) is 0 Å². The van der Waals surface area contributed by atoms with Crippen molar-refractivity contribution in [3.63, 3.8) is 0 Å². The number of rotatable bonds is 6. The molecule has 3 rings (SSSR count). The van der Waals surface area contributed by atoms with Crippen LogP contribution in [-0.2, 0) is 20.7 Å². The van der Waals surface area contributed by atoms with E-state index in [0.717, 1.165) is 17.6 Å². The van der Waals surface area contributed by atoms with Gasteiger partial charge in [-0.1, -0.05) is 12.1 Å². The van der Waals surface area contributed by atoms with Gasteiger partial charge in [0.15, 0.2) is 5.75 Å². The van der Waals surface area contributed by atoms with Crippen LogP contribution in [0.5, 0.6) is 5.75 Å². The number of amides is 2. The highest BCUT2D eigenvalue weighted by molar-refractivity contribution is 6.11. The molecule has 0 saturated heterocycles. The van der Waals surface area contributed by atoms with Crippen molar-refractivity contribution >= 4 is 35.4 Å². The maximum absolute atomic E-state index is 13.1. The lowest BCUT2D eigenvalue weighted by molar-refractivity contribution is -0.113. The molecule has 0 radical (unpaired) electrons. The minimum atomic E-state index is -0.838. The summed E-state index contributed by atoms with van der Waals surface area (Å²) in [6.45, 7) is 0. The molecule has 0 bridgehead atoms. The summed E-state index contributed by atoms with van der Waals surface area (Å²) in [5.74, 6) is -1.61. The maximum Gasteiger partial charge on any atom is 0.341 e. The van der Waals surface area contributed by atoms with Crippen LogP contribution in [0.15, 0.2) is 42.6 Å². The van der Waals surface area contributed by atoms with Gasteiger partial charge in [0.1, 0.15) is 16.9 Å². The van der Waals surface area contributed by atoms with Crippen molar-refractivity contribution in [1.82, 2.24) is 4.98 Å². The Morgan fingerprint density at radius 1 is 1.18 bits per heavy atom. The Balaban J connectivity index is 2.18. The first kappa shape index (κ1) is 19.0. The highest BCUT2D eigenvalue weighted by Gasteiger charge is 2.21. The second kappa shape index (κ2) is 7.83. The number of carbonyl (C=O) groups is 3. The average Bonchev–Trinajstić information content (AvgIpc) is 2.71. The number of aromatic hydroxyl groups is 1. The van der Waals surface area contributed by atoms with E-state index >= 15 is 0 Å². The highest BCUT2D eigenvalue weighted by Crippen LogP contribution is 2.36. The molecule has 1 N–H and O–H groups in total. The molecule has 2 aromatic carbocycles. The van der Waals surface area contributed by atoms with E-state index in [2.05, 4.69) is 9.72 Å². The fourth-order valence-corrected chi connectivity index (χ4v) is 2.85. The minimum Gasteiger partial charge on any atom is -0.505 e. The van der Waals surface area contributed by atoms with E-state index in [9.17, 15) is 23.9 Å². The van der Waals surface area contributed by atoms with Crippen molar-refractivity contribution in [1.29, 1.82) is 0 Å². The van der Waals surface area contributed by atoms with Crippen LogP contribution in [0.4, 0.5) is 10.1 Å². The first-order valence-electron chi connectivity index (χ1n) is 8.14. The topological polar surface area (TPSA) is 96.8 Å². The minimum absolute atomic E-state index is 0.0365. The van der Waals surface area contributed by atoms with Gasteiger partial charge < -0.3 is 9.84 Å². The monoisotopic (exact) mass is 382 g/mol. The van der Waals surface area contributed by atoms with Crippen molar-refractivity contribution in [3.05, 3.63) is 65.1 Å². The number of hydrogen-bond acceptors (Lipinski definition) is 6. The number of carbonyl (C=O) groups excluding carboxylic acids is 3. The molecule has 1 aromatic heterocycles. The van der Waals surface area contributed by atoms with Crippen LogP contribution in [-0.4, -0.2) is 36.0 Å². The van der Waals surface area contributed by atoms with Gasteiger partial charge in [0.05, 0.1) is 12.8 Å². The number of fused-ring (bicyclic) bond motifs is 1. The normalized spacial score (nSPS) is 10.5. The zero-order valence-corrected chi connectivity index (χ0v) is 14.8. The van der Waals surface area contributed by atoms with Crippen LogP contribution in [0.3, 0.4) is 0 Å². The van der Waals surface area contributed by atoms with E-state index in [1.165, 1.54) is 24.4 Å². The largest absolute Gasteiger partial charge is 0.505 e. The van der Waals surface area contributed by atoms with E-state index in [4.69, 9.17) is 0 Å². The molecule has 0 unspecified atom stereocenters. The Hall–Kier alpha value is -3.81. The number of halogens is 1. The molecule has 8 heteroatoms. The molecular formula is C20H15FN2O5. The summed E-state index contributed by atoms with van der Waals surface area (Å²) < 4.78 is 17.7. The molecular weight excluding hydrogens is 367 g/mol. The standard InChI is InChI=1S/C20H15FN2O5/c1-28-20(27)16-8-17(23(10-24)11-25)15-7-13(9-22-18(15)19(16)26)6-12-2-4-14(21)5-3-12/h2-5,7-11,26H,6H2,1H3. The Morgan fingerprint density at radius 2 is 1.86 bits per heavy atom. The van der Waals surface area contributed by atoms with E-state index in [0.29, 0.717) is 17.4 Å². The van der Waals surface area contributed by atoms with Crippen LogP contribution >= 0.6 is 0 Å². The number of aromatic nitrogens is 1. The molecule has 0 aliphatic carbocycles. The van der Waals surface area contributed by atoms with Gasteiger partial charge >= 0.3 is 5.97 Å². The summed E-state index contributed by atoms with van der Waals surface area (Å²) in [5.41, 5.74) is 1.41. The summed E-state index contributed by atoms with van der Waals surface area (Å²) >= 11 is 0. The summed E-state index contributed by atoms with van der Waals surface area (Å²) in [4.78, 5) is 39.4. The van der Waals surface area contributed by atoms with E-state index < -0.39 is 11.7 Å². The maximum atomic E-state index is 13.1. The van der Waals surface area contributed by atoms with Crippen molar-refractivity contribution in [2.24, 2.45) is 0 Å². The number of ether oxygens (including phenoxy) is 1. The zero-order chi connectivity index (χ0) is 20.3. The number of nitrogens with zero attached hydrogens (tertiary/aromatic N) is 2. The predicted octanol–water partition coefficient (Wildman–Crippen LogP) is 2.58. The number of anilines is 1. The Bertz CT molecular complexity index is 1060. The fraction of sp³-hybridized carbons (Fsp3) is 0.100. The molecule has 0 saturated carbocycles. The van der Waals surface area contributed by atoms with Gasteiger partial charge in [0.25, 0.3) is 0 Å². The summed E-state index contributed by atoms with van der Waals surface area (Å²) in [6, 6.07) is 8.76. The molecule has 1 heterocycles. The molecule has 0 spiro atoms. The van der Waals surface area contributed by atoms with Crippen LogP contribution in [0, 0.1) is 5.82 Å². The third-order valence-electron chi connectivity index (χ3n) is 4.21. The first-order valence-corrected chi connectivity index (χ1v) is 8.14. The third-order valence-corrected chi connectivity index (χ3v) is 4.21. The van der Waals surface area contributed by atoms with Crippen molar-refractivity contribution in [2.75, 3.05) is 12.0 Å².